The molecule has 1 atom stereocenters. The molecule has 1 aromatic rings. The molecule has 1 aromatic heterocycles. The Morgan fingerprint density at radius 1 is 1.53 bits per heavy atom. The molecule has 0 amide bonds. The Morgan fingerprint density at radius 3 is 2.80 bits per heavy atom. The molecule has 0 radical (unpaired) electrons. The van der Waals surface area contributed by atoms with Crippen molar-refractivity contribution in [3.63, 3.8) is 0 Å². The molecule has 3 nitrogen and oxygen atoms in total. The standard InChI is InChI=1S/C9H10F2N2OS/c10-9(11)8(14)5-13-4-7-2-1-6(3-12)15-7/h1-2,8-9,13-14H,4-5H2. The summed E-state index contributed by atoms with van der Waals surface area (Å²) in [4.78, 5) is 1.47. The van der Waals surface area contributed by atoms with Gasteiger partial charge in [-0.25, -0.2) is 8.78 Å². The maximum absolute atomic E-state index is 11.9. The van der Waals surface area contributed by atoms with E-state index in [1.54, 1.807) is 12.1 Å². The Kier molecular flexibility index (Phi) is 4.62. The fourth-order valence-corrected chi connectivity index (χ4v) is 1.74. The van der Waals surface area contributed by atoms with Crippen molar-refractivity contribution < 1.29 is 13.9 Å². The van der Waals surface area contributed by atoms with Gasteiger partial charge in [-0.1, -0.05) is 0 Å². The molecule has 6 heteroatoms. The largest absolute Gasteiger partial charge is 0.386 e. The molecule has 1 unspecified atom stereocenters. The highest BCUT2D eigenvalue weighted by atomic mass is 32.1. The number of aliphatic hydroxyl groups excluding tert-OH is 1. The van der Waals surface area contributed by atoms with Crippen LogP contribution in [0.3, 0.4) is 0 Å². The minimum Gasteiger partial charge on any atom is -0.386 e. The molecule has 0 aliphatic carbocycles. The first-order valence-corrected chi connectivity index (χ1v) is 5.11. The predicted molar refractivity (Wildman–Crippen MR) is 52.8 cm³/mol. The van der Waals surface area contributed by atoms with Gasteiger partial charge in [-0.05, 0) is 12.1 Å². The second-order valence-electron chi connectivity index (χ2n) is 2.91. The van der Waals surface area contributed by atoms with Crippen LogP contribution in [0.25, 0.3) is 0 Å². The molecule has 0 bridgehead atoms. The summed E-state index contributed by atoms with van der Waals surface area (Å²) in [5.41, 5.74) is 0. The van der Waals surface area contributed by atoms with Crippen molar-refractivity contribution in [2.45, 2.75) is 19.1 Å². The van der Waals surface area contributed by atoms with Crippen molar-refractivity contribution in [2.24, 2.45) is 0 Å². The fourth-order valence-electron chi connectivity index (χ4n) is 0.965. The van der Waals surface area contributed by atoms with Gasteiger partial charge in [0.15, 0.2) is 0 Å². The molecule has 0 aliphatic heterocycles. The maximum atomic E-state index is 11.9. The number of rotatable bonds is 5. The van der Waals surface area contributed by atoms with E-state index in [1.807, 2.05) is 6.07 Å². The van der Waals surface area contributed by atoms with Gasteiger partial charge in [0, 0.05) is 18.0 Å². The van der Waals surface area contributed by atoms with E-state index >= 15 is 0 Å². The maximum Gasteiger partial charge on any atom is 0.265 e. The Morgan fingerprint density at radius 2 is 2.27 bits per heavy atom. The van der Waals surface area contributed by atoms with Gasteiger partial charge in [0.1, 0.15) is 17.1 Å². The van der Waals surface area contributed by atoms with Crippen LogP contribution < -0.4 is 5.32 Å². The van der Waals surface area contributed by atoms with E-state index in [4.69, 9.17) is 10.4 Å². The number of thiophene rings is 1. The van der Waals surface area contributed by atoms with Crippen molar-refractivity contribution in [1.82, 2.24) is 5.32 Å². The van der Waals surface area contributed by atoms with Crippen LogP contribution in [0.5, 0.6) is 0 Å². The summed E-state index contributed by atoms with van der Waals surface area (Å²) in [5, 5.41) is 20.0. The smallest absolute Gasteiger partial charge is 0.265 e. The molecule has 0 saturated carbocycles. The van der Waals surface area contributed by atoms with Gasteiger partial charge in [-0.2, -0.15) is 5.26 Å². The van der Waals surface area contributed by atoms with E-state index in [1.165, 1.54) is 11.3 Å². The van der Waals surface area contributed by atoms with E-state index < -0.39 is 12.5 Å². The molecule has 1 heterocycles. The van der Waals surface area contributed by atoms with Crippen LogP contribution in [-0.4, -0.2) is 24.2 Å². The Bertz CT molecular complexity index is 348. The average molecular weight is 232 g/mol. The number of nitriles is 1. The minimum absolute atomic E-state index is 0.155. The zero-order valence-electron chi connectivity index (χ0n) is 7.78. The first-order valence-electron chi connectivity index (χ1n) is 4.29. The number of alkyl halides is 2. The predicted octanol–water partition coefficient (Wildman–Crippen LogP) is 1.34. The molecule has 0 saturated heterocycles. The van der Waals surface area contributed by atoms with Crippen molar-refractivity contribution in [1.29, 1.82) is 5.26 Å². The van der Waals surface area contributed by atoms with Crippen LogP contribution in [0.1, 0.15) is 9.75 Å². The van der Waals surface area contributed by atoms with Gasteiger partial charge in [0.25, 0.3) is 6.43 Å². The number of hydrogen-bond donors (Lipinski definition) is 2. The summed E-state index contributed by atoms with van der Waals surface area (Å²) in [6.07, 6.45) is -4.36. The molecular weight excluding hydrogens is 222 g/mol. The Balaban J connectivity index is 2.29. The Hall–Kier alpha value is -1.03. The molecule has 0 aromatic carbocycles. The van der Waals surface area contributed by atoms with Gasteiger partial charge >= 0.3 is 0 Å². The summed E-state index contributed by atoms with van der Waals surface area (Å²) in [7, 11) is 0. The van der Waals surface area contributed by atoms with Crippen LogP contribution >= 0.6 is 11.3 Å². The lowest BCUT2D eigenvalue weighted by atomic mass is 10.3. The summed E-state index contributed by atoms with van der Waals surface area (Å²) < 4.78 is 23.8. The van der Waals surface area contributed by atoms with Crippen LogP contribution in [0.4, 0.5) is 8.78 Å². The number of halogens is 2. The molecular formula is C9H10F2N2OS. The quantitative estimate of drug-likeness (QED) is 0.805. The molecule has 1 rings (SSSR count). The lowest BCUT2D eigenvalue weighted by Crippen LogP contribution is -2.31. The van der Waals surface area contributed by atoms with Crippen LogP contribution in [0.2, 0.25) is 0 Å². The van der Waals surface area contributed by atoms with Crippen molar-refractivity contribution in [3.05, 3.63) is 21.9 Å². The second kappa shape index (κ2) is 5.75. The third kappa shape index (κ3) is 3.91. The van der Waals surface area contributed by atoms with E-state index in [-0.39, 0.29) is 6.54 Å². The second-order valence-corrected chi connectivity index (χ2v) is 4.08. The molecule has 82 valence electrons. The van der Waals surface area contributed by atoms with Crippen molar-refractivity contribution >= 4 is 11.3 Å². The van der Waals surface area contributed by atoms with E-state index in [0.717, 1.165) is 4.88 Å². The van der Waals surface area contributed by atoms with E-state index in [2.05, 4.69) is 5.32 Å². The lowest BCUT2D eigenvalue weighted by molar-refractivity contribution is -0.00337. The van der Waals surface area contributed by atoms with Gasteiger partial charge in [0.05, 0.1) is 0 Å². The molecule has 2 N–H and O–H groups in total. The third-order valence-electron chi connectivity index (χ3n) is 1.72. The zero-order valence-corrected chi connectivity index (χ0v) is 8.60. The van der Waals surface area contributed by atoms with Crippen molar-refractivity contribution in [3.8, 4) is 6.07 Å². The van der Waals surface area contributed by atoms with E-state index in [9.17, 15) is 8.78 Å². The molecule has 0 aliphatic rings. The topological polar surface area (TPSA) is 56.0 Å². The van der Waals surface area contributed by atoms with Crippen LogP contribution in [0.15, 0.2) is 12.1 Å². The lowest BCUT2D eigenvalue weighted by Gasteiger charge is -2.09. The van der Waals surface area contributed by atoms with Gasteiger partial charge in [0.2, 0.25) is 0 Å². The van der Waals surface area contributed by atoms with Crippen molar-refractivity contribution in [2.75, 3.05) is 6.54 Å². The van der Waals surface area contributed by atoms with Gasteiger partial charge < -0.3 is 10.4 Å². The SMILES string of the molecule is N#Cc1ccc(CNCC(O)C(F)F)s1. The summed E-state index contributed by atoms with van der Waals surface area (Å²) in [6, 6.07) is 5.41. The number of nitrogens with one attached hydrogen (secondary N) is 1. The highest BCUT2D eigenvalue weighted by Crippen LogP contribution is 2.14. The summed E-state index contributed by atoms with van der Waals surface area (Å²) in [5.74, 6) is 0. The summed E-state index contributed by atoms with van der Waals surface area (Å²) in [6.45, 7) is 0.230. The van der Waals surface area contributed by atoms with E-state index in [0.29, 0.717) is 11.4 Å². The van der Waals surface area contributed by atoms with Gasteiger partial charge in [-0.3, -0.25) is 0 Å². The zero-order chi connectivity index (χ0) is 11.3. The highest BCUT2D eigenvalue weighted by molar-refractivity contribution is 7.12. The Labute approximate surface area is 90.0 Å². The minimum atomic E-state index is -2.73. The average Bonchev–Trinajstić information content (AvgIpc) is 2.65. The molecule has 0 spiro atoms. The number of hydrogen-bond acceptors (Lipinski definition) is 4. The first-order chi connectivity index (χ1) is 7.13. The first kappa shape index (κ1) is 12.0. The normalized spacial score (nSPS) is 12.7. The summed E-state index contributed by atoms with van der Waals surface area (Å²) >= 11 is 1.30. The fraction of sp³-hybridized carbons (Fsp3) is 0.444. The van der Waals surface area contributed by atoms with Crippen LogP contribution in [-0.2, 0) is 6.54 Å². The van der Waals surface area contributed by atoms with Crippen LogP contribution in [0, 0.1) is 11.3 Å². The third-order valence-corrected chi connectivity index (χ3v) is 2.71. The van der Waals surface area contributed by atoms with Gasteiger partial charge in [-0.15, -0.1) is 11.3 Å². The molecule has 15 heavy (non-hydrogen) atoms. The highest BCUT2D eigenvalue weighted by Gasteiger charge is 2.15. The number of nitrogens with zero attached hydrogens (tertiary/aromatic N) is 1. The number of aliphatic hydroxyl groups is 1. The molecule has 0 fully saturated rings. The monoisotopic (exact) mass is 232 g/mol.